The third kappa shape index (κ3) is 3.49. The van der Waals surface area contributed by atoms with Gasteiger partial charge in [-0.2, -0.15) is 0 Å². The van der Waals surface area contributed by atoms with Crippen LogP contribution in [0.15, 0.2) is 27.9 Å². The molecule has 0 radical (unpaired) electrons. The number of hydrogen-bond donors (Lipinski definition) is 0. The van der Waals surface area contributed by atoms with Gasteiger partial charge < -0.3 is 19.1 Å². The van der Waals surface area contributed by atoms with Gasteiger partial charge in [0.25, 0.3) is 0 Å². The lowest BCUT2D eigenvalue weighted by molar-refractivity contribution is -0.140. The van der Waals surface area contributed by atoms with Gasteiger partial charge in [0.1, 0.15) is 18.2 Å². The van der Waals surface area contributed by atoms with E-state index in [-0.39, 0.29) is 35.3 Å². The predicted octanol–water partition coefficient (Wildman–Crippen LogP) is 2.64. The van der Waals surface area contributed by atoms with Crippen molar-refractivity contribution in [3.8, 4) is 0 Å². The van der Waals surface area contributed by atoms with Crippen molar-refractivity contribution in [3.63, 3.8) is 0 Å². The van der Waals surface area contributed by atoms with E-state index in [1.807, 2.05) is 0 Å². The van der Waals surface area contributed by atoms with E-state index in [1.165, 1.54) is 12.1 Å². The number of carbonyl (C=O) groups is 2. The largest absolute Gasteiger partial charge is 0.466 e. The molecule has 1 heterocycles. The van der Waals surface area contributed by atoms with Gasteiger partial charge >= 0.3 is 11.9 Å². The molecule has 1 aliphatic heterocycles. The van der Waals surface area contributed by atoms with Crippen molar-refractivity contribution in [1.82, 2.24) is 0 Å². The van der Waals surface area contributed by atoms with Crippen LogP contribution in [0.1, 0.15) is 0 Å². The van der Waals surface area contributed by atoms with Crippen LogP contribution in [-0.2, 0) is 23.8 Å². The van der Waals surface area contributed by atoms with E-state index < -0.39 is 17.8 Å². The Bertz CT molecular complexity index is 671. The average molecular weight is 409 g/mol. The number of ether oxygens (including phenoxy) is 3. The molecule has 0 N–H and O–H groups in total. The fourth-order valence-electron chi connectivity index (χ4n) is 2.11. The molecule has 0 spiro atoms. The summed E-state index contributed by atoms with van der Waals surface area (Å²) in [4.78, 5) is 25.1. The van der Waals surface area contributed by atoms with Crippen LogP contribution in [0.3, 0.4) is 0 Å². The molecule has 0 aromatic heterocycles. The first-order valence-corrected chi connectivity index (χ1v) is 7.47. The molecule has 1 aliphatic rings. The summed E-state index contributed by atoms with van der Waals surface area (Å²) in [7, 11) is 2.31. The quantitative estimate of drug-likeness (QED) is 0.717. The van der Waals surface area contributed by atoms with Crippen LogP contribution in [0.2, 0.25) is 5.02 Å². The Morgan fingerprint density at radius 1 is 1.30 bits per heavy atom. The Balaban J connectivity index is 2.65. The van der Waals surface area contributed by atoms with Crippen LogP contribution in [-0.4, -0.2) is 39.5 Å². The van der Waals surface area contributed by atoms with Gasteiger partial charge in [0, 0.05) is 4.47 Å². The topological polar surface area (TPSA) is 65.1 Å². The van der Waals surface area contributed by atoms with Gasteiger partial charge in [-0.05, 0) is 12.1 Å². The number of carbonyl (C=O) groups excluding carboxylic acids is 2. The van der Waals surface area contributed by atoms with Crippen LogP contribution in [0, 0.1) is 5.82 Å². The summed E-state index contributed by atoms with van der Waals surface area (Å²) in [6.07, 6.45) is 0. The molecule has 0 fully saturated rings. The van der Waals surface area contributed by atoms with Crippen LogP contribution < -0.4 is 4.90 Å². The molecule has 0 amide bonds. The van der Waals surface area contributed by atoms with Crippen LogP contribution >= 0.6 is 27.5 Å². The number of benzene rings is 1. The summed E-state index contributed by atoms with van der Waals surface area (Å²) in [5, 5.41) is 0.0352. The Hall–Kier alpha value is -1.64. The molecular formula is C14H12BrClFNO5. The van der Waals surface area contributed by atoms with Crippen molar-refractivity contribution >= 4 is 45.2 Å². The molecule has 0 aliphatic carbocycles. The van der Waals surface area contributed by atoms with E-state index in [2.05, 4.69) is 20.7 Å². The standard InChI is InChI=1S/C14H12BrClFNO5/c1-21-13(19)8-5-23-6-18(11(8)14(20)22-2)12-9(16)3-7(15)4-10(12)17/h3-4H,5-6H2,1-2H3. The highest BCUT2D eigenvalue weighted by Gasteiger charge is 2.34. The maximum absolute atomic E-state index is 14.3. The van der Waals surface area contributed by atoms with Crippen molar-refractivity contribution in [2.75, 3.05) is 32.5 Å². The van der Waals surface area contributed by atoms with Crippen molar-refractivity contribution in [1.29, 1.82) is 0 Å². The van der Waals surface area contributed by atoms with Gasteiger partial charge in [-0.1, -0.05) is 27.5 Å². The van der Waals surface area contributed by atoms with Gasteiger partial charge in [-0.3, -0.25) is 0 Å². The zero-order valence-electron chi connectivity index (χ0n) is 12.2. The molecule has 23 heavy (non-hydrogen) atoms. The Morgan fingerprint density at radius 2 is 1.96 bits per heavy atom. The lowest BCUT2D eigenvalue weighted by Gasteiger charge is -2.32. The number of hydrogen-bond acceptors (Lipinski definition) is 6. The predicted molar refractivity (Wildman–Crippen MR) is 83.5 cm³/mol. The Kier molecular flexibility index (Phi) is 5.61. The Labute approximate surface area is 144 Å². The normalized spacial score (nSPS) is 14.7. The SMILES string of the molecule is COC(=O)C1=C(C(=O)OC)N(c2c(F)cc(Br)cc2Cl)COC1. The molecule has 9 heteroatoms. The molecule has 124 valence electrons. The monoisotopic (exact) mass is 407 g/mol. The highest BCUT2D eigenvalue weighted by molar-refractivity contribution is 9.10. The Morgan fingerprint density at radius 3 is 2.52 bits per heavy atom. The first kappa shape index (κ1) is 17.7. The highest BCUT2D eigenvalue weighted by Crippen LogP contribution is 2.36. The average Bonchev–Trinajstić information content (AvgIpc) is 2.52. The van der Waals surface area contributed by atoms with Crippen LogP contribution in [0.5, 0.6) is 0 Å². The smallest absolute Gasteiger partial charge is 0.355 e. The number of rotatable bonds is 3. The molecular weight excluding hydrogens is 397 g/mol. The highest BCUT2D eigenvalue weighted by atomic mass is 79.9. The fraction of sp³-hybridized carbons (Fsp3) is 0.286. The number of methoxy groups -OCH3 is 2. The van der Waals surface area contributed by atoms with Gasteiger partial charge in [-0.25, -0.2) is 14.0 Å². The second-order valence-corrected chi connectivity index (χ2v) is 5.76. The lowest BCUT2D eigenvalue weighted by Crippen LogP contribution is -2.39. The molecule has 0 bridgehead atoms. The first-order valence-electron chi connectivity index (χ1n) is 6.30. The minimum Gasteiger partial charge on any atom is -0.466 e. The summed E-state index contributed by atoms with van der Waals surface area (Å²) in [6, 6.07) is 2.64. The second kappa shape index (κ2) is 7.29. The zero-order valence-corrected chi connectivity index (χ0v) is 14.5. The minimum absolute atomic E-state index is 0.0352. The summed E-state index contributed by atoms with van der Waals surface area (Å²) in [5.41, 5.74) is -0.353. The number of halogens is 3. The number of nitrogens with zero attached hydrogens (tertiary/aromatic N) is 1. The third-order valence-corrected chi connectivity index (χ3v) is 3.83. The van der Waals surface area contributed by atoms with Gasteiger partial charge in [0.15, 0.2) is 0 Å². The minimum atomic E-state index is -0.827. The maximum atomic E-state index is 14.3. The number of esters is 2. The molecule has 2 rings (SSSR count). The van der Waals surface area contributed by atoms with E-state index in [0.717, 1.165) is 19.1 Å². The van der Waals surface area contributed by atoms with Crippen LogP contribution in [0.25, 0.3) is 0 Å². The molecule has 6 nitrogen and oxygen atoms in total. The number of anilines is 1. The zero-order chi connectivity index (χ0) is 17.1. The molecule has 0 saturated heterocycles. The summed E-state index contributed by atoms with van der Waals surface area (Å²) in [6.45, 7) is -0.341. The summed E-state index contributed by atoms with van der Waals surface area (Å²) in [5.74, 6) is -2.30. The fourth-order valence-corrected chi connectivity index (χ4v) is 2.98. The van der Waals surface area contributed by atoms with Gasteiger partial charge in [0.05, 0.1) is 37.1 Å². The molecule has 1 aromatic carbocycles. The van der Waals surface area contributed by atoms with E-state index in [4.69, 9.17) is 21.1 Å². The van der Waals surface area contributed by atoms with Gasteiger partial charge in [-0.15, -0.1) is 0 Å². The molecule has 0 unspecified atom stereocenters. The van der Waals surface area contributed by atoms with Crippen molar-refractivity contribution < 1.29 is 28.2 Å². The molecule has 0 atom stereocenters. The maximum Gasteiger partial charge on any atom is 0.355 e. The third-order valence-electron chi connectivity index (χ3n) is 3.08. The summed E-state index contributed by atoms with van der Waals surface area (Å²) >= 11 is 9.21. The summed E-state index contributed by atoms with van der Waals surface area (Å²) < 4.78 is 29.4. The van der Waals surface area contributed by atoms with E-state index in [0.29, 0.717) is 4.47 Å². The second-order valence-electron chi connectivity index (χ2n) is 4.43. The first-order chi connectivity index (χ1) is 10.9. The van der Waals surface area contributed by atoms with Crippen LogP contribution in [0.4, 0.5) is 10.1 Å². The van der Waals surface area contributed by atoms with E-state index in [1.54, 1.807) is 0 Å². The van der Waals surface area contributed by atoms with Gasteiger partial charge in [0.2, 0.25) is 0 Å². The van der Waals surface area contributed by atoms with Crippen molar-refractivity contribution in [2.24, 2.45) is 0 Å². The van der Waals surface area contributed by atoms with E-state index in [9.17, 15) is 14.0 Å². The molecule has 0 saturated carbocycles. The van der Waals surface area contributed by atoms with Crippen molar-refractivity contribution in [2.45, 2.75) is 0 Å². The van der Waals surface area contributed by atoms with E-state index >= 15 is 0 Å². The van der Waals surface area contributed by atoms with Crippen molar-refractivity contribution in [3.05, 3.63) is 38.7 Å². The molecule has 1 aromatic rings. The lowest BCUT2D eigenvalue weighted by atomic mass is 10.1.